The molecule has 2 aromatic rings. The number of anilines is 1. The van der Waals surface area contributed by atoms with E-state index in [2.05, 4.69) is 17.5 Å². The lowest BCUT2D eigenvalue weighted by atomic mass is 9.87. The molecule has 0 aromatic heterocycles. The van der Waals surface area contributed by atoms with Gasteiger partial charge in [-0.25, -0.2) is 0 Å². The topological polar surface area (TPSA) is 35.8 Å². The van der Waals surface area contributed by atoms with E-state index in [1.165, 1.54) is 38.5 Å². The minimum Gasteiger partial charge on any atom is -0.385 e. The molecule has 0 bridgehead atoms. The van der Waals surface area contributed by atoms with Crippen molar-refractivity contribution < 1.29 is 0 Å². The molecule has 1 aliphatic rings. The third-order valence-electron chi connectivity index (χ3n) is 4.64. The minimum atomic E-state index is 0.753. The predicted octanol–water partition coefficient (Wildman–Crippen LogP) is 5.09. The Morgan fingerprint density at radius 2 is 1.76 bits per heavy atom. The maximum Gasteiger partial charge on any atom is 0.0998 e. The molecule has 0 saturated heterocycles. The number of nitrogens with zero attached hydrogens (tertiary/aromatic N) is 1. The molecule has 0 heterocycles. The average Bonchev–Trinajstić information content (AvgIpc) is 2.56. The maximum absolute atomic E-state index is 9.20. The summed E-state index contributed by atoms with van der Waals surface area (Å²) in [5, 5.41) is 15.0. The van der Waals surface area contributed by atoms with Crippen LogP contribution in [0.5, 0.6) is 0 Å². The van der Waals surface area contributed by atoms with E-state index in [9.17, 15) is 5.26 Å². The number of fused-ring (bicyclic) bond motifs is 1. The molecular formula is C19H22N2. The Morgan fingerprint density at radius 3 is 2.52 bits per heavy atom. The van der Waals surface area contributed by atoms with Gasteiger partial charge in [-0.05, 0) is 24.5 Å². The smallest absolute Gasteiger partial charge is 0.0998 e. The molecule has 21 heavy (non-hydrogen) atoms. The number of benzene rings is 2. The summed E-state index contributed by atoms with van der Waals surface area (Å²) in [5.41, 5.74) is 1.91. The van der Waals surface area contributed by atoms with Crippen molar-refractivity contribution in [2.75, 3.05) is 11.9 Å². The Kier molecular flexibility index (Phi) is 4.40. The molecule has 0 unspecified atom stereocenters. The zero-order valence-corrected chi connectivity index (χ0v) is 12.4. The van der Waals surface area contributed by atoms with Gasteiger partial charge in [-0.15, -0.1) is 0 Å². The number of nitrogens with one attached hydrogen (secondary N) is 1. The fourth-order valence-corrected chi connectivity index (χ4v) is 3.44. The van der Waals surface area contributed by atoms with Crippen molar-refractivity contribution in [2.24, 2.45) is 5.92 Å². The van der Waals surface area contributed by atoms with Crippen molar-refractivity contribution in [3.8, 4) is 6.07 Å². The lowest BCUT2D eigenvalue weighted by Gasteiger charge is -2.22. The third-order valence-corrected chi connectivity index (χ3v) is 4.64. The second-order valence-corrected chi connectivity index (χ2v) is 6.04. The van der Waals surface area contributed by atoms with Gasteiger partial charge in [0, 0.05) is 23.0 Å². The number of hydrogen-bond donors (Lipinski definition) is 1. The van der Waals surface area contributed by atoms with Crippen molar-refractivity contribution in [1.82, 2.24) is 0 Å². The molecule has 1 saturated carbocycles. The first kappa shape index (κ1) is 13.9. The zero-order valence-electron chi connectivity index (χ0n) is 12.4. The lowest BCUT2D eigenvalue weighted by Crippen LogP contribution is -2.12. The highest BCUT2D eigenvalue weighted by atomic mass is 14.9. The van der Waals surface area contributed by atoms with Crippen LogP contribution < -0.4 is 5.32 Å². The fraction of sp³-hybridized carbons (Fsp3) is 0.421. The van der Waals surface area contributed by atoms with Gasteiger partial charge in [-0.1, -0.05) is 56.4 Å². The first-order valence-corrected chi connectivity index (χ1v) is 8.04. The van der Waals surface area contributed by atoms with Crippen LogP contribution in [0.25, 0.3) is 10.8 Å². The van der Waals surface area contributed by atoms with Crippen LogP contribution in [0.3, 0.4) is 0 Å². The first-order chi connectivity index (χ1) is 10.4. The summed E-state index contributed by atoms with van der Waals surface area (Å²) in [5.74, 6) is 0.899. The quantitative estimate of drug-likeness (QED) is 0.845. The largest absolute Gasteiger partial charge is 0.385 e. The summed E-state index contributed by atoms with van der Waals surface area (Å²) in [4.78, 5) is 0. The molecule has 2 aromatic carbocycles. The van der Waals surface area contributed by atoms with Crippen molar-refractivity contribution in [3.63, 3.8) is 0 Å². The standard InChI is InChI=1S/C19H22N2/c20-14-16-10-11-19(18-9-5-4-8-17(16)18)21-13-12-15-6-2-1-3-7-15/h4-5,8-11,15,21H,1-3,6-7,12-13H2. The average molecular weight is 278 g/mol. The van der Waals surface area contributed by atoms with E-state index in [1.807, 2.05) is 30.3 Å². The van der Waals surface area contributed by atoms with Gasteiger partial charge in [0.1, 0.15) is 0 Å². The fourth-order valence-electron chi connectivity index (χ4n) is 3.44. The normalized spacial score (nSPS) is 15.8. The highest BCUT2D eigenvalue weighted by molar-refractivity contribution is 5.97. The molecular weight excluding hydrogens is 256 g/mol. The highest BCUT2D eigenvalue weighted by Crippen LogP contribution is 2.28. The maximum atomic E-state index is 9.20. The van der Waals surface area contributed by atoms with Crippen LogP contribution in [0.15, 0.2) is 36.4 Å². The molecule has 3 rings (SSSR count). The van der Waals surface area contributed by atoms with E-state index >= 15 is 0 Å². The van der Waals surface area contributed by atoms with Crippen molar-refractivity contribution in [3.05, 3.63) is 42.0 Å². The summed E-state index contributed by atoms with van der Waals surface area (Å²) in [7, 11) is 0. The van der Waals surface area contributed by atoms with E-state index in [4.69, 9.17) is 0 Å². The van der Waals surface area contributed by atoms with Crippen molar-refractivity contribution in [1.29, 1.82) is 5.26 Å². The Morgan fingerprint density at radius 1 is 1.00 bits per heavy atom. The summed E-state index contributed by atoms with van der Waals surface area (Å²) < 4.78 is 0. The second kappa shape index (κ2) is 6.63. The van der Waals surface area contributed by atoms with Gasteiger partial charge in [0.25, 0.3) is 0 Å². The van der Waals surface area contributed by atoms with Crippen LogP contribution >= 0.6 is 0 Å². The Bertz CT molecular complexity index is 648. The molecule has 108 valence electrons. The zero-order chi connectivity index (χ0) is 14.5. The van der Waals surface area contributed by atoms with E-state index in [0.29, 0.717) is 0 Å². The summed E-state index contributed by atoms with van der Waals surface area (Å²) in [6, 6.07) is 14.4. The number of nitriles is 1. The van der Waals surface area contributed by atoms with Crippen LogP contribution in [0.1, 0.15) is 44.1 Å². The van der Waals surface area contributed by atoms with Gasteiger partial charge in [-0.3, -0.25) is 0 Å². The molecule has 0 amide bonds. The summed E-state index contributed by atoms with van der Waals surface area (Å²) in [6.45, 7) is 1.03. The van der Waals surface area contributed by atoms with Gasteiger partial charge < -0.3 is 5.32 Å². The lowest BCUT2D eigenvalue weighted by molar-refractivity contribution is 0.345. The van der Waals surface area contributed by atoms with Crippen LogP contribution in [-0.2, 0) is 0 Å². The number of hydrogen-bond acceptors (Lipinski definition) is 2. The molecule has 1 aliphatic carbocycles. The van der Waals surface area contributed by atoms with Gasteiger partial charge in [0.05, 0.1) is 11.6 Å². The van der Waals surface area contributed by atoms with Gasteiger partial charge >= 0.3 is 0 Å². The molecule has 2 nitrogen and oxygen atoms in total. The third kappa shape index (κ3) is 3.19. The van der Waals surface area contributed by atoms with E-state index in [-0.39, 0.29) is 0 Å². The van der Waals surface area contributed by atoms with Crippen LogP contribution in [0.2, 0.25) is 0 Å². The van der Waals surface area contributed by atoms with Crippen LogP contribution in [0, 0.1) is 17.2 Å². The molecule has 1 N–H and O–H groups in total. The summed E-state index contributed by atoms with van der Waals surface area (Å²) >= 11 is 0. The van der Waals surface area contributed by atoms with Crippen LogP contribution in [0.4, 0.5) is 5.69 Å². The van der Waals surface area contributed by atoms with E-state index < -0.39 is 0 Å². The van der Waals surface area contributed by atoms with E-state index in [0.717, 1.165) is 34.5 Å². The van der Waals surface area contributed by atoms with Gasteiger partial charge in [-0.2, -0.15) is 5.26 Å². The predicted molar refractivity (Wildman–Crippen MR) is 88.3 cm³/mol. The molecule has 0 aliphatic heterocycles. The van der Waals surface area contributed by atoms with Crippen molar-refractivity contribution in [2.45, 2.75) is 38.5 Å². The molecule has 0 atom stereocenters. The van der Waals surface area contributed by atoms with Crippen molar-refractivity contribution >= 4 is 16.5 Å². The SMILES string of the molecule is N#Cc1ccc(NCCC2CCCCC2)c2ccccc12. The Hall–Kier alpha value is -2.01. The molecule has 1 fully saturated rings. The Labute approximate surface area is 126 Å². The van der Waals surface area contributed by atoms with Gasteiger partial charge in [0.15, 0.2) is 0 Å². The highest BCUT2D eigenvalue weighted by Gasteiger charge is 2.13. The van der Waals surface area contributed by atoms with E-state index in [1.54, 1.807) is 0 Å². The van der Waals surface area contributed by atoms with Gasteiger partial charge in [0.2, 0.25) is 0 Å². The van der Waals surface area contributed by atoms with Crippen LogP contribution in [-0.4, -0.2) is 6.54 Å². The minimum absolute atomic E-state index is 0.753. The molecule has 0 spiro atoms. The Balaban J connectivity index is 1.71. The number of rotatable bonds is 4. The summed E-state index contributed by atoms with van der Waals surface area (Å²) in [6.07, 6.45) is 8.29. The second-order valence-electron chi connectivity index (χ2n) is 6.04. The first-order valence-electron chi connectivity index (χ1n) is 8.04. The monoisotopic (exact) mass is 278 g/mol. The molecule has 0 radical (unpaired) electrons. The molecule has 2 heteroatoms.